The van der Waals surface area contributed by atoms with E-state index in [4.69, 9.17) is 14.3 Å². The van der Waals surface area contributed by atoms with E-state index in [0.29, 0.717) is 6.04 Å². The van der Waals surface area contributed by atoms with Gasteiger partial charge in [0, 0.05) is 12.0 Å². The van der Waals surface area contributed by atoms with E-state index in [1.807, 2.05) is 19.1 Å². The van der Waals surface area contributed by atoms with Gasteiger partial charge in [-0.3, -0.25) is 0 Å². The molecule has 0 unspecified atom stereocenters. The van der Waals surface area contributed by atoms with Crippen LogP contribution in [0.5, 0.6) is 5.75 Å². The van der Waals surface area contributed by atoms with Crippen LogP contribution in [0.4, 0.5) is 0 Å². The summed E-state index contributed by atoms with van der Waals surface area (Å²) in [5.74, 6) is 2.84. The zero-order valence-electron chi connectivity index (χ0n) is 16.4. The Bertz CT molecular complexity index is 877. The smallest absolute Gasteiger partial charge is 0.208 e. The van der Waals surface area contributed by atoms with E-state index >= 15 is 0 Å². The molecular weight excluding hydrogens is 338 g/mol. The van der Waals surface area contributed by atoms with Crippen LogP contribution in [-0.4, -0.2) is 35.6 Å². The van der Waals surface area contributed by atoms with E-state index in [-0.39, 0.29) is 11.8 Å². The van der Waals surface area contributed by atoms with Crippen LogP contribution in [0.25, 0.3) is 0 Å². The van der Waals surface area contributed by atoms with Crippen LogP contribution in [-0.2, 0) is 0 Å². The summed E-state index contributed by atoms with van der Waals surface area (Å²) in [6, 6.07) is 13.4. The van der Waals surface area contributed by atoms with Gasteiger partial charge in [0.1, 0.15) is 23.0 Å². The van der Waals surface area contributed by atoms with Crippen molar-refractivity contribution in [3.8, 4) is 5.75 Å². The number of benzene rings is 1. The van der Waals surface area contributed by atoms with Gasteiger partial charge in [0.15, 0.2) is 0 Å². The zero-order valence-corrected chi connectivity index (χ0v) is 16.4. The Morgan fingerprint density at radius 2 is 1.93 bits per heavy atom. The lowest BCUT2D eigenvalue weighted by Gasteiger charge is -2.50. The van der Waals surface area contributed by atoms with Gasteiger partial charge in [0.05, 0.1) is 38.0 Å². The number of aryl methyl sites for hydroxylation is 1. The van der Waals surface area contributed by atoms with Gasteiger partial charge < -0.3 is 14.1 Å². The number of ether oxygens (including phenoxy) is 1. The third kappa shape index (κ3) is 2.67. The number of quaternary nitrogens is 1. The largest absolute Gasteiger partial charge is 0.466 e. The zero-order chi connectivity index (χ0) is 18.6. The van der Waals surface area contributed by atoms with Crippen molar-refractivity contribution in [3.63, 3.8) is 0 Å². The summed E-state index contributed by atoms with van der Waals surface area (Å²) in [5, 5.41) is 7.32. The first-order chi connectivity index (χ1) is 13.1. The van der Waals surface area contributed by atoms with Crippen LogP contribution in [0.15, 0.2) is 45.9 Å². The second kappa shape index (κ2) is 6.13. The molecule has 4 heterocycles. The number of hydrogen-bond acceptors (Lipinski definition) is 4. The minimum absolute atomic E-state index is 0.232. The highest BCUT2D eigenvalue weighted by molar-refractivity contribution is 5.99. The van der Waals surface area contributed by atoms with Crippen molar-refractivity contribution in [1.29, 1.82) is 0 Å². The molecule has 1 N–H and O–H groups in total. The summed E-state index contributed by atoms with van der Waals surface area (Å²) < 4.78 is 12.6. The lowest BCUT2D eigenvalue weighted by molar-refractivity contribution is -0.929. The lowest BCUT2D eigenvalue weighted by Crippen LogP contribution is -3.16. The van der Waals surface area contributed by atoms with E-state index in [1.165, 1.54) is 5.56 Å². The maximum atomic E-state index is 6.67. The molecule has 5 nitrogen and oxygen atoms in total. The van der Waals surface area contributed by atoms with Gasteiger partial charge in [0.2, 0.25) is 5.72 Å². The molecule has 1 saturated heterocycles. The molecule has 0 radical (unpaired) electrons. The molecule has 0 saturated carbocycles. The average molecular weight is 366 g/mol. The second-order valence-corrected chi connectivity index (χ2v) is 8.42. The van der Waals surface area contributed by atoms with Gasteiger partial charge in [0.25, 0.3) is 0 Å². The predicted octanol–water partition coefficient (Wildman–Crippen LogP) is 2.91. The lowest BCUT2D eigenvalue weighted by atomic mass is 9.91. The third-order valence-electron chi connectivity index (χ3n) is 6.42. The topological polar surface area (TPSA) is 42.4 Å². The molecule has 1 spiro atoms. The average Bonchev–Trinajstić information content (AvgIpc) is 3.29. The molecule has 1 atom stereocenters. The summed E-state index contributed by atoms with van der Waals surface area (Å²) in [6.07, 6.45) is 2.87. The molecule has 5 rings (SSSR count). The molecule has 3 aliphatic rings. The molecule has 0 aliphatic carbocycles. The van der Waals surface area contributed by atoms with Crippen LogP contribution in [0.3, 0.4) is 0 Å². The third-order valence-corrected chi connectivity index (χ3v) is 6.42. The fourth-order valence-corrected chi connectivity index (χ4v) is 4.84. The summed E-state index contributed by atoms with van der Waals surface area (Å²) >= 11 is 0. The van der Waals surface area contributed by atoms with Crippen LogP contribution in [0, 0.1) is 6.92 Å². The maximum Gasteiger partial charge on any atom is 0.208 e. The van der Waals surface area contributed by atoms with Crippen molar-refractivity contribution in [2.45, 2.75) is 57.8 Å². The number of para-hydroxylation sites is 1. The second-order valence-electron chi connectivity index (χ2n) is 8.42. The molecule has 0 bridgehead atoms. The summed E-state index contributed by atoms with van der Waals surface area (Å²) in [5.41, 5.74) is 1.94. The van der Waals surface area contributed by atoms with E-state index < -0.39 is 0 Å². The van der Waals surface area contributed by atoms with Crippen LogP contribution >= 0.6 is 0 Å². The van der Waals surface area contributed by atoms with Gasteiger partial charge in [-0.2, -0.15) is 5.10 Å². The van der Waals surface area contributed by atoms with Crippen LogP contribution in [0.2, 0.25) is 0 Å². The number of hydrazone groups is 1. The highest BCUT2D eigenvalue weighted by Crippen LogP contribution is 2.49. The maximum absolute atomic E-state index is 6.67. The van der Waals surface area contributed by atoms with Gasteiger partial charge in [-0.25, -0.2) is 5.01 Å². The van der Waals surface area contributed by atoms with Crippen molar-refractivity contribution >= 4 is 5.71 Å². The molecule has 142 valence electrons. The normalized spacial score (nSPS) is 29.5. The minimum Gasteiger partial charge on any atom is -0.466 e. The van der Waals surface area contributed by atoms with Gasteiger partial charge >= 0.3 is 0 Å². The van der Waals surface area contributed by atoms with Crippen molar-refractivity contribution < 1.29 is 14.1 Å². The van der Waals surface area contributed by atoms with Crippen molar-refractivity contribution in [2.75, 3.05) is 13.1 Å². The molecule has 1 aromatic carbocycles. The molecule has 0 amide bonds. The van der Waals surface area contributed by atoms with Crippen molar-refractivity contribution in [1.82, 2.24) is 5.01 Å². The Hall–Kier alpha value is -2.27. The van der Waals surface area contributed by atoms with Crippen molar-refractivity contribution in [3.05, 3.63) is 53.5 Å². The van der Waals surface area contributed by atoms with E-state index in [2.05, 4.69) is 43.1 Å². The van der Waals surface area contributed by atoms with Crippen molar-refractivity contribution in [2.24, 2.45) is 5.10 Å². The quantitative estimate of drug-likeness (QED) is 0.889. The fraction of sp³-hybridized carbons (Fsp3) is 0.500. The van der Waals surface area contributed by atoms with Gasteiger partial charge in [-0.1, -0.05) is 18.2 Å². The number of rotatable bonds is 2. The Morgan fingerprint density at radius 3 is 2.63 bits per heavy atom. The molecule has 5 heteroatoms. The van der Waals surface area contributed by atoms with Crippen LogP contribution in [0.1, 0.15) is 56.2 Å². The van der Waals surface area contributed by atoms with E-state index in [1.54, 1.807) is 4.90 Å². The molecule has 1 aromatic heterocycles. The number of hydrogen-bond donors (Lipinski definition) is 1. The summed E-state index contributed by atoms with van der Waals surface area (Å²) in [7, 11) is 0. The van der Waals surface area contributed by atoms with Crippen LogP contribution < -0.4 is 9.64 Å². The fourth-order valence-electron chi connectivity index (χ4n) is 4.84. The van der Waals surface area contributed by atoms with Gasteiger partial charge in [-0.15, -0.1) is 0 Å². The predicted molar refractivity (Wildman–Crippen MR) is 104 cm³/mol. The molecular formula is C22H28N3O2+. The number of fused-ring (bicyclic) bond motifs is 4. The Morgan fingerprint density at radius 1 is 1.15 bits per heavy atom. The highest BCUT2D eigenvalue weighted by Gasteiger charge is 2.53. The van der Waals surface area contributed by atoms with E-state index in [9.17, 15) is 0 Å². The Labute approximate surface area is 160 Å². The highest BCUT2D eigenvalue weighted by atomic mass is 16.5. The molecule has 3 aliphatic heterocycles. The Kier molecular flexibility index (Phi) is 3.83. The number of likely N-dealkylation sites (tertiary alicyclic amines) is 1. The van der Waals surface area contributed by atoms with E-state index in [0.717, 1.165) is 55.3 Å². The number of piperidine rings is 1. The molecule has 2 aromatic rings. The first-order valence-electron chi connectivity index (χ1n) is 10.1. The summed E-state index contributed by atoms with van der Waals surface area (Å²) in [4.78, 5) is 1.66. The number of furan rings is 1. The Balaban J connectivity index is 1.53. The SMILES string of the molecule is Cc1ccc(C2=NN3[C@H](C2)c2ccccc2OC32CC[NH+](C(C)C)CC2)o1. The first-order valence-corrected chi connectivity index (χ1v) is 10.1. The first kappa shape index (κ1) is 16.9. The molecule has 27 heavy (non-hydrogen) atoms. The minimum atomic E-state index is -0.333. The number of nitrogens with one attached hydrogen (secondary N) is 1. The standard InChI is InChI=1S/C22H27N3O2/c1-15(2)24-12-10-22(11-13-24)25-19(17-6-4-5-7-20(17)27-22)14-18(23-25)21-9-8-16(3)26-21/h4-9,15,19H,10-14H2,1-3H3/p+1/t19-/m1/s1. The summed E-state index contributed by atoms with van der Waals surface area (Å²) in [6.45, 7) is 8.83. The van der Waals surface area contributed by atoms with Gasteiger partial charge in [-0.05, 0) is 39.0 Å². The number of nitrogens with zero attached hydrogens (tertiary/aromatic N) is 2. The monoisotopic (exact) mass is 366 g/mol. The molecule has 1 fully saturated rings.